The van der Waals surface area contributed by atoms with E-state index in [-0.39, 0.29) is 17.1 Å². The summed E-state index contributed by atoms with van der Waals surface area (Å²) in [4.78, 5) is 0. The maximum atomic E-state index is 12.0. The first kappa shape index (κ1) is 12.2. The van der Waals surface area contributed by atoms with Gasteiger partial charge in [0.15, 0.2) is 5.16 Å². The normalized spacial score (nSPS) is 12.4. The number of hydrogen-bond donors (Lipinski definition) is 1. The highest BCUT2D eigenvalue weighted by atomic mass is 32.2. The van der Waals surface area contributed by atoms with Gasteiger partial charge in [-0.3, -0.25) is 4.57 Å². The first-order valence-electron chi connectivity index (χ1n) is 4.35. The van der Waals surface area contributed by atoms with Crippen LogP contribution in [-0.2, 0) is 0 Å². The molecule has 0 aliphatic carbocycles. The van der Waals surface area contributed by atoms with Gasteiger partial charge in [-0.05, 0) is 19.5 Å². The van der Waals surface area contributed by atoms with E-state index in [2.05, 4.69) is 10.2 Å². The molecule has 1 aromatic rings. The third kappa shape index (κ3) is 3.33. The van der Waals surface area contributed by atoms with Crippen molar-refractivity contribution in [3.8, 4) is 0 Å². The van der Waals surface area contributed by atoms with Gasteiger partial charge in [0.25, 0.3) is 0 Å². The lowest BCUT2D eigenvalue weighted by Crippen LogP contribution is -2.19. The lowest BCUT2D eigenvalue weighted by atomic mass is 9.98. The first-order valence-corrected chi connectivity index (χ1v) is 5.34. The number of hydrogen-bond acceptors (Lipinski definition) is 4. The number of nitrogens with zero attached hydrogens (tertiary/aromatic N) is 3. The molecule has 0 amide bonds. The van der Waals surface area contributed by atoms with Gasteiger partial charge in [-0.2, -0.15) is 0 Å². The van der Waals surface area contributed by atoms with Crippen molar-refractivity contribution in [3.63, 3.8) is 0 Å². The van der Waals surface area contributed by atoms with E-state index in [1.807, 2.05) is 13.8 Å². The Balaban J connectivity index is 2.78. The summed E-state index contributed by atoms with van der Waals surface area (Å²) in [5, 5.41) is 7.36. The van der Waals surface area contributed by atoms with Crippen LogP contribution in [0.2, 0.25) is 0 Å². The van der Waals surface area contributed by atoms with Gasteiger partial charge < -0.3 is 18.7 Å². The summed E-state index contributed by atoms with van der Waals surface area (Å²) < 4.78 is 37.6. The molecule has 1 heterocycles. The second-order valence-electron chi connectivity index (χ2n) is 3.33. The molecule has 0 aromatic carbocycles. The van der Waals surface area contributed by atoms with Crippen LogP contribution in [0.25, 0.3) is 0 Å². The van der Waals surface area contributed by atoms with Gasteiger partial charge in [-0.15, -0.1) is 22.0 Å². The van der Waals surface area contributed by atoms with Crippen molar-refractivity contribution in [2.45, 2.75) is 25.0 Å². The minimum atomic E-state index is -4.81. The third-order valence-corrected chi connectivity index (χ3v) is 2.69. The zero-order valence-corrected chi connectivity index (χ0v) is 9.14. The van der Waals surface area contributed by atoms with Crippen molar-refractivity contribution >= 4 is 24.7 Å². The van der Waals surface area contributed by atoms with E-state index >= 15 is 0 Å². The largest absolute Gasteiger partial charge is 0.488 e. The Hall–Kier alpha value is -0.855. The van der Waals surface area contributed by atoms with E-state index in [0.29, 0.717) is 11.8 Å². The van der Waals surface area contributed by atoms with Gasteiger partial charge in [-0.1, -0.05) is 0 Å². The number of nitrogen functional groups attached to an aromatic ring is 1. The molecule has 1 rings (SSSR count). The number of rotatable bonds is 4. The summed E-state index contributed by atoms with van der Waals surface area (Å²) in [5.41, 5.74) is 4.56. The Morgan fingerprint density at radius 1 is 1.40 bits per heavy atom. The molecule has 0 spiro atoms. The Bertz CT molecular complexity index is 338. The summed E-state index contributed by atoms with van der Waals surface area (Å²) in [6.07, 6.45) is 0. The fraction of sp³-hybridized carbons (Fsp3) is 0.667. The van der Waals surface area contributed by atoms with Crippen molar-refractivity contribution in [2.75, 3.05) is 11.4 Å². The van der Waals surface area contributed by atoms with Gasteiger partial charge in [0, 0.05) is 6.04 Å². The molecule has 15 heavy (non-hydrogen) atoms. The lowest BCUT2D eigenvalue weighted by Gasteiger charge is -2.14. The molecular formula is C6H11BF3N4S-. The average molecular weight is 239 g/mol. The van der Waals surface area contributed by atoms with Gasteiger partial charge >= 0.3 is 6.98 Å². The van der Waals surface area contributed by atoms with Crippen molar-refractivity contribution in [2.24, 2.45) is 0 Å². The van der Waals surface area contributed by atoms with Crippen molar-refractivity contribution in [1.82, 2.24) is 14.8 Å². The average Bonchev–Trinajstić information content (AvgIpc) is 2.42. The molecule has 0 atom stereocenters. The van der Waals surface area contributed by atoms with Crippen LogP contribution in [0.4, 0.5) is 18.9 Å². The molecule has 9 heteroatoms. The van der Waals surface area contributed by atoms with E-state index in [4.69, 9.17) is 5.73 Å². The highest BCUT2D eigenvalue weighted by Crippen LogP contribution is 2.26. The number of aromatic nitrogens is 3. The molecule has 0 aliphatic heterocycles. The number of anilines is 1. The Morgan fingerprint density at radius 2 is 2.00 bits per heavy atom. The van der Waals surface area contributed by atoms with Crippen molar-refractivity contribution in [1.29, 1.82) is 0 Å². The van der Waals surface area contributed by atoms with Crippen LogP contribution in [0, 0.1) is 0 Å². The summed E-state index contributed by atoms with van der Waals surface area (Å²) >= 11 is 0.615. The summed E-state index contributed by atoms with van der Waals surface area (Å²) in [5.74, 6) is 0.141. The van der Waals surface area contributed by atoms with Crippen molar-refractivity contribution in [3.05, 3.63) is 0 Å². The Labute approximate surface area is 89.5 Å². The van der Waals surface area contributed by atoms with E-state index in [0.717, 1.165) is 0 Å². The van der Waals surface area contributed by atoms with Crippen LogP contribution in [0.3, 0.4) is 0 Å². The minimum Gasteiger partial charge on any atom is -0.448 e. The predicted octanol–water partition coefficient (Wildman–Crippen LogP) is 1.92. The molecule has 1 aromatic heterocycles. The zero-order valence-electron chi connectivity index (χ0n) is 8.32. The molecule has 86 valence electrons. The monoisotopic (exact) mass is 239 g/mol. The molecule has 0 saturated carbocycles. The van der Waals surface area contributed by atoms with Crippen LogP contribution in [0.15, 0.2) is 5.16 Å². The molecule has 0 unspecified atom stereocenters. The number of nitrogens with two attached hydrogens (primary N) is 1. The van der Waals surface area contributed by atoms with Crippen LogP contribution >= 0.6 is 11.8 Å². The highest BCUT2D eigenvalue weighted by Gasteiger charge is 2.25. The molecular weight excluding hydrogens is 228 g/mol. The molecule has 0 aliphatic rings. The standard InChI is InChI=1S/C6H11BF3N4S/c1-4(2)14-5(11)12-13-6(14)15-3-7(8,9)10/h4H,3H2,1-2H3,(H2,11,12)/q-1. The molecule has 0 bridgehead atoms. The molecule has 0 radical (unpaired) electrons. The molecule has 4 nitrogen and oxygen atoms in total. The lowest BCUT2D eigenvalue weighted by molar-refractivity contribution is 0.484. The molecule has 0 saturated heterocycles. The maximum Gasteiger partial charge on any atom is 0.488 e. The fourth-order valence-electron chi connectivity index (χ4n) is 1.04. The highest BCUT2D eigenvalue weighted by molar-refractivity contribution is 8.00. The Kier molecular flexibility index (Phi) is 3.53. The summed E-state index contributed by atoms with van der Waals surface area (Å²) in [6.45, 7) is -1.20. The zero-order chi connectivity index (χ0) is 11.6. The topological polar surface area (TPSA) is 56.7 Å². The summed E-state index contributed by atoms with van der Waals surface area (Å²) in [7, 11) is 0. The van der Waals surface area contributed by atoms with Crippen LogP contribution in [-0.4, -0.2) is 27.4 Å². The van der Waals surface area contributed by atoms with Crippen LogP contribution in [0.1, 0.15) is 19.9 Å². The molecule has 0 fully saturated rings. The van der Waals surface area contributed by atoms with Gasteiger partial charge in [0.05, 0.1) is 0 Å². The minimum absolute atomic E-state index is 0.0526. The first-order chi connectivity index (χ1) is 6.81. The second kappa shape index (κ2) is 4.34. The quantitative estimate of drug-likeness (QED) is 0.644. The third-order valence-electron chi connectivity index (χ3n) is 1.61. The van der Waals surface area contributed by atoms with E-state index in [1.54, 1.807) is 0 Å². The smallest absolute Gasteiger partial charge is 0.448 e. The maximum absolute atomic E-state index is 12.0. The van der Waals surface area contributed by atoms with Gasteiger partial charge in [-0.25, -0.2) is 0 Å². The van der Waals surface area contributed by atoms with Gasteiger partial charge in [0.1, 0.15) is 0 Å². The van der Waals surface area contributed by atoms with Gasteiger partial charge in [0.2, 0.25) is 5.95 Å². The van der Waals surface area contributed by atoms with E-state index in [1.165, 1.54) is 4.57 Å². The number of halogens is 3. The second-order valence-corrected chi connectivity index (χ2v) is 4.31. The summed E-state index contributed by atoms with van der Waals surface area (Å²) in [6, 6.07) is -0.0526. The van der Waals surface area contributed by atoms with Crippen LogP contribution < -0.4 is 5.73 Å². The van der Waals surface area contributed by atoms with Crippen molar-refractivity contribution < 1.29 is 12.9 Å². The SMILES string of the molecule is CC(C)n1c(N)nnc1SC[B-](F)(F)F. The Morgan fingerprint density at radius 3 is 2.47 bits per heavy atom. The predicted molar refractivity (Wildman–Crippen MR) is 54.6 cm³/mol. The fourth-order valence-corrected chi connectivity index (χ4v) is 1.92. The molecule has 2 N–H and O–H groups in total. The van der Waals surface area contributed by atoms with E-state index < -0.39 is 12.6 Å². The van der Waals surface area contributed by atoms with Crippen LogP contribution in [0.5, 0.6) is 0 Å². The van der Waals surface area contributed by atoms with E-state index in [9.17, 15) is 12.9 Å². The number of thioether (sulfide) groups is 1.